The lowest BCUT2D eigenvalue weighted by Crippen LogP contribution is -2.54. The van der Waals surface area contributed by atoms with Crippen LogP contribution in [0.3, 0.4) is 0 Å². The normalized spacial score (nSPS) is 14.3. The predicted octanol–water partition coefficient (Wildman–Crippen LogP) is 4.95. The molecular formula is C31H32F3N5O4. The summed E-state index contributed by atoms with van der Waals surface area (Å²) in [5.41, 5.74) is 6.45. The third kappa shape index (κ3) is 5.66. The quantitative estimate of drug-likeness (QED) is 0.336. The van der Waals surface area contributed by atoms with E-state index in [9.17, 15) is 22.8 Å². The number of pyridine rings is 1. The molecule has 0 spiro atoms. The Morgan fingerprint density at radius 1 is 0.953 bits per heavy atom. The second-order valence-electron chi connectivity index (χ2n) is 11.0. The van der Waals surface area contributed by atoms with Gasteiger partial charge in [0.2, 0.25) is 11.8 Å². The maximum Gasteiger partial charge on any atom is 0.433 e. The Kier molecular flexibility index (Phi) is 7.91. The monoisotopic (exact) mass is 595 g/mol. The van der Waals surface area contributed by atoms with Gasteiger partial charge in [0.1, 0.15) is 17.0 Å². The van der Waals surface area contributed by atoms with E-state index in [1.165, 1.54) is 19.2 Å². The summed E-state index contributed by atoms with van der Waals surface area (Å²) in [4.78, 5) is 38.6. The first-order valence-corrected chi connectivity index (χ1v) is 13.8. The lowest BCUT2D eigenvalue weighted by Gasteiger charge is -2.38. The van der Waals surface area contributed by atoms with E-state index in [2.05, 4.69) is 9.97 Å². The number of aromatic nitrogens is 2. The number of oxazole rings is 1. The first-order chi connectivity index (χ1) is 20.3. The third-order valence-corrected chi connectivity index (χ3v) is 7.81. The summed E-state index contributed by atoms with van der Waals surface area (Å²) in [5, 5.41) is 0.305. The number of hydrogen-bond donors (Lipinski definition) is 1. The molecule has 5 rings (SSSR count). The van der Waals surface area contributed by atoms with Crippen molar-refractivity contribution in [2.24, 2.45) is 5.73 Å². The number of nitrogens with zero attached hydrogens (tertiary/aromatic N) is 4. The van der Waals surface area contributed by atoms with Gasteiger partial charge in [-0.2, -0.15) is 13.2 Å². The number of nitrogens with two attached hydrogens (primary N) is 1. The van der Waals surface area contributed by atoms with Crippen molar-refractivity contribution in [3.63, 3.8) is 0 Å². The van der Waals surface area contributed by atoms with Crippen LogP contribution in [-0.4, -0.2) is 64.9 Å². The molecule has 2 N–H and O–H groups in total. The van der Waals surface area contributed by atoms with Gasteiger partial charge in [-0.25, -0.2) is 9.97 Å². The molecule has 43 heavy (non-hydrogen) atoms. The van der Waals surface area contributed by atoms with Crippen LogP contribution >= 0.6 is 0 Å². The summed E-state index contributed by atoms with van der Waals surface area (Å²) in [6, 6.07) is 13.1. The number of hydrogen-bond acceptors (Lipinski definition) is 7. The highest BCUT2D eigenvalue weighted by Crippen LogP contribution is 2.37. The van der Waals surface area contributed by atoms with Gasteiger partial charge in [-0.15, -0.1) is 0 Å². The molecule has 0 aliphatic carbocycles. The van der Waals surface area contributed by atoms with Crippen molar-refractivity contribution < 1.29 is 31.9 Å². The van der Waals surface area contributed by atoms with Gasteiger partial charge in [0.25, 0.3) is 5.91 Å². The molecule has 12 heteroatoms. The first-order valence-electron chi connectivity index (χ1n) is 13.8. The van der Waals surface area contributed by atoms with E-state index in [0.29, 0.717) is 24.0 Å². The fraction of sp³-hybridized carbons (Fsp3) is 0.355. The van der Waals surface area contributed by atoms with Crippen molar-refractivity contribution >= 4 is 22.7 Å². The minimum absolute atomic E-state index is 0.0149. The summed E-state index contributed by atoms with van der Waals surface area (Å²) in [7, 11) is 1.33. The minimum Gasteiger partial charge on any atom is -0.494 e. The SMILES string of the molecule is COc1ccc(-c2nc(C(=O)N3CCN(C(=O)C(C)(C)c4ccc(C)cc4)CC3)c(CN)o2)c2ccc(C(F)(F)F)nc12. The average molecular weight is 596 g/mol. The number of benzene rings is 2. The highest BCUT2D eigenvalue weighted by molar-refractivity contribution is 5.98. The number of fused-ring (bicyclic) bond motifs is 1. The van der Waals surface area contributed by atoms with Crippen LogP contribution in [0, 0.1) is 6.92 Å². The average Bonchev–Trinajstić information content (AvgIpc) is 3.43. The Morgan fingerprint density at radius 2 is 1.60 bits per heavy atom. The molecule has 2 aromatic heterocycles. The van der Waals surface area contributed by atoms with E-state index >= 15 is 0 Å². The molecule has 1 saturated heterocycles. The lowest BCUT2D eigenvalue weighted by atomic mass is 9.82. The number of amides is 2. The number of carbonyl (C=O) groups is 2. The number of alkyl halides is 3. The van der Waals surface area contributed by atoms with Crippen molar-refractivity contribution in [1.82, 2.24) is 19.8 Å². The zero-order valence-corrected chi connectivity index (χ0v) is 24.3. The molecule has 0 unspecified atom stereocenters. The molecule has 1 aliphatic heterocycles. The maximum absolute atomic E-state index is 13.6. The molecule has 0 saturated carbocycles. The van der Waals surface area contributed by atoms with E-state index in [1.807, 2.05) is 45.0 Å². The largest absolute Gasteiger partial charge is 0.494 e. The minimum atomic E-state index is -4.64. The van der Waals surface area contributed by atoms with Gasteiger partial charge in [0, 0.05) is 37.1 Å². The summed E-state index contributed by atoms with van der Waals surface area (Å²) in [6.07, 6.45) is -4.64. The molecule has 0 radical (unpaired) electrons. The maximum atomic E-state index is 13.6. The summed E-state index contributed by atoms with van der Waals surface area (Å²) in [5.74, 6) is -0.126. The molecule has 2 aromatic carbocycles. The van der Waals surface area contributed by atoms with Crippen molar-refractivity contribution in [2.75, 3.05) is 33.3 Å². The molecule has 1 fully saturated rings. The third-order valence-electron chi connectivity index (χ3n) is 7.81. The smallest absolute Gasteiger partial charge is 0.433 e. The Morgan fingerprint density at radius 3 is 2.21 bits per heavy atom. The highest BCUT2D eigenvalue weighted by atomic mass is 19.4. The van der Waals surface area contributed by atoms with Crippen LogP contribution in [0.5, 0.6) is 5.75 Å². The van der Waals surface area contributed by atoms with Gasteiger partial charge in [-0.05, 0) is 50.6 Å². The van der Waals surface area contributed by atoms with E-state index in [1.54, 1.807) is 15.9 Å². The van der Waals surface area contributed by atoms with Crippen LogP contribution in [-0.2, 0) is 22.9 Å². The van der Waals surface area contributed by atoms with E-state index in [-0.39, 0.29) is 54.2 Å². The van der Waals surface area contributed by atoms with Gasteiger partial charge < -0.3 is 24.7 Å². The molecule has 1 aliphatic rings. The second-order valence-corrected chi connectivity index (χ2v) is 11.0. The fourth-order valence-electron chi connectivity index (χ4n) is 5.22. The summed E-state index contributed by atoms with van der Waals surface area (Å²) in [6.45, 7) is 6.92. The molecule has 2 amide bonds. The number of carbonyl (C=O) groups excluding carboxylic acids is 2. The Labute approximate surface area is 246 Å². The van der Waals surface area contributed by atoms with Gasteiger partial charge in [-0.1, -0.05) is 29.8 Å². The van der Waals surface area contributed by atoms with Gasteiger partial charge in [-0.3, -0.25) is 9.59 Å². The zero-order valence-electron chi connectivity index (χ0n) is 24.3. The lowest BCUT2D eigenvalue weighted by molar-refractivity contribution is -0.141. The Balaban J connectivity index is 1.37. The number of methoxy groups -OCH3 is 1. The van der Waals surface area contributed by atoms with Crippen molar-refractivity contribution in [3.05, 3.63) is 76.8 Å². The van der Waals surface area contributed by atoms with Crippen LogP contribution < -0.4 is 10.5 Å². The zero-order chi connectivity index (χ0) is 31.1. The molecule has 3 heterocycles. The number of halogens is 3. The van der Waals surface area contributed by atoms with Gasteiger partial charge in [0.15, 0.2) is 11.5 Å². The summed E-state index contributed by atoms with van der Waals surface area (Å²) >= 11 is 0. The van der Waals surface area contributed by atoms with Crippen LogP contribution in [0.4, 0.5) is 13.2 Å². The van der Waals surface area contributed by atoms with Crippen molar-refractivity contribution in [2.45, 2.75) is 38.9 Å². The van der Waals surface area contributed by atoms with E-state index in [4.69, 9.17) is 14.9 Å². The predicted molar refractivity (Wildman–Crippen MR) is 153 cm³/mol. The topological polar surface area (TPSA) is 115 Å². The van der Waals surface area contributed by atoms with E-state index < -0.39 is 23.2 Å². The summed E-state index contributed by atoms with van der Waals surface area (Å²) < 4.78 is 51.1. The number of piperazine rings is 1. The Hall–Kier alpha value is -4.45. The van der Waals surface area contributed by atoms with Gasteiger partial charge in [0.05, 0.1) is 19.1 Å². The number of aryl methyl sites for hydroxylation is 1. The molecular weight excluding hydrogens is 563 g/mol. The van der Waals surface area contributed by atoms with Crippen molar-refractivity contribution in [1.29, 1.82) is 0 Å². The van der Waals surface area contributed by atoms with Crippen molar-refractivity contribution in [3.8, 4) is 17.2 Å². The number of ether oxygens (including phenoxy) is 1. The molecule has 0 atom stereocenters. The number of rotatable bonds is 6. The fourth-order valence-corrected chi connectivity index (χ4v) is 5.22. The van der Waals surface area contributed by atoms with Crippen LogP contribution in [0.25, 0.3) is 22.4 Å². The Bertz CT molecular complexity index is 1670. The molecule has 0 bridgehead atoms. The second kappa shape index (κ2) is 11.3. The standard InChI is InChI=1S/C31H32F3N5O4/c1-18-5-7-19(8-6-18)30(2,3)29(41)39-15-13-38(14-16-39)28(40)26-23(17-35)43-27(37-26)21-9-11-22(42-4)25-20(21)10-12-24(36-25)31(32,33)34/h5-12H,13-17,35H2,1-4H3. The van der Waals surface area contributed by atoms with Crippen LogP contribution in [0.2, 0.25) is 0 Å². The van der Waals surface area contributed by atoms with Gasteiger partial charge >= 0.3 is 6.18 Å². The molecule has 226 valence electrons. The molecule has 9 nitrogen and oxygen atoms in total. The first kappa shape index (κ1) is 30.0. The van der Waals surface area contributed by atoms with E-state index in [0.717, 1.165) is 17.2 Å². The van der Waals surface area contributed by atoms with Crippen LogP contribution in [0.1, 0.15) is 46.9 Å². The van der Waals surface area contributed by atoms with Crippen LogP contribution in [0.15, 0.2) is 52.9 Å². The highest BCUT2D eigenvalue weighted by Gasteiger charge is 2.37. The molecule has 4 aromatic rings.